The summed E-state index contributed by atoms with van der Waals surface area (Å²) in [4.78, 5) is 29.0. The first-order valence-electron chi connectivity index (χ1n) is 8.89. The number of hydrogen-bond donors (Lipinski definition) is 1. The lowest BCUT2D eigenvalue weighted by Gasteiger charge is -2.29. The van der Waals surface area contributed by atoms with Gasteiger partial charge in [0.25, 0.3) is 0 Å². The number of cyclic esters (lactones) is 1. The Hall–Kier alpha value is -3.55. The molecule has 2 unspecified atom stereocenters. The van der Waals surface area contributed by atoms with E-state index >= 15 is 0 Å². The van der Waals surface area contributed by atoms with Gasteiger partial charge in [0.05, 0.1) is 38.3 Å². The van der Waals surface area contributed by atoms with Gasteiger partial charge in [0.15, 0.2) is 29.3 Å². The van der Waals surface area contributed by atoms with Crippen LogP contribution >= 0.6 is 0 Å². The second-order valence-electron chi connectivity index (χ2n) is 6.68. The predicted molar refractivity (Wildman–Crippen MR) is 103 cm³/mol. The summed E-state index contributed by atoms with van der Waals surface area (Å²) in [6.45, 7) is 0.0568. The second kappa shape index (κ2) is 7.12. The lowest BCUT2D eigenvalue weighted by Crippen LogP contribution is -2.28. The zero-order chi connectivity index (χ0) is 20.7. The lowest BCUT2D eigenvalue weighted by atomic mass is 9.75. The van der Waals surface area contributed by atoms with Crippen molar-refractivity contribution in [1.29, 1.82) is 0 Å². The normalized spacial score (nSPS) is 19.6. The average Bonchev–Trinajstić information content (AvgIpc) is 3.11. The van der Waals surface area contributed by atoms with Crippen molar-refractivity contribution in [2.45, 2.75) is 5.92 Å². The molecule has 0 spiro atoms. The van der Waals surface area contributed by atoms with Crippen LogP contribution in [-0.4, -0.2) is 51.0 Å². The van der Waals surface area contributed by atoms with Crippen molar-refractivity contribution >= 4 is 23.7 Å². The van der Waals surface area contributed by atoms with E-state index in [1.807, 2.05) is 0 Å². The molecule has 0 saturated carbocycles. The molecule has 0 amide bonds. The Morgan fingerprint density at radius 1 is 1.10 bits per heavy atom. The van der Waals surface area contributed by atoms with Gasteiger partial charge in [0.1, 0.15) is 12.5 Å². The maximum atomic E-state index is 12.5. The molecule has 2 aliphatic rings. The minimum Gasteiger partial charge on any atom is -0.504 e. The first kappa shape index (κ1) is 18.8. The smallest absolute Gasteiger partial charge is 0.316 e. The molecule has 8 heteroatoms. The number of fused-ring (bicyclic) bond motifs is 2. The van der Waals surface area contributed by atoms with E-state index in [1.165, 1.54) is 27.4 Å². The molecule has 4 rings (SSSR count). The highest BCUT2D eigenvalue weighted by Gasteiger charge is 2.46. The molecule has 29 heavy (non-hydrogen) atoms. The van der Waals surface area contributed by atoms with Crippen molar-refractivity contribution in [3.8, 4) is 23.0 Å². The number of hydrogen-bond acceptors (Lipinski definition) is 8. The summed E-state index contributed by atoms with van der Waals surface area (Å²) in [5.74, 6) is -0.652. The van der Waals surface area contributed by atoms with Crippen LogP contribution in [0.25, 0.3) is 0 Å². The highest BCUT2D eigenvalue weighted by molar-refractivity contribution is 6.12. The summed E-state index contributed by atoms with van der Waals surface area (Å²) in [6.07, 6.45) is 0.663. The zero-order valence-corrected chi connectivity index (χ0v) is 16.1. The van der Waals surface area contributed by atoms with E-state index in [2.05, 4.69) is 4.99 Å². The van der Waals surface area contributed by atoms with Gasteiger partial charge in [-0.3, -0.25) is 14.6 Å². The summed E-state index contributed by atoms with van der Waals surface area (Å²) in [6, 6.07) is 6.59. The third-order valence-corrected chi connectivity index (χ3v) is 5.29. The van der Waals surface area contributed by atoms with Gasteiger partial charge >= 0.3 is 5.97 Å². The van der Waals surface area contributed by atoms with Crippen molar-refractivity contribution in [3.05, 3.63) is 41.0 Å². The molecule has 1 fully saturated rings. The highest BCUT2D eigenvalue weighted by atomic mass is 16.5. The van der Waals surface area contributed by atoms with Crippen LogP contribution in [0.2, 0.25) is 0 Å². The molecule has 2 atom stereocenters. The van der Waals surface area contributed by atoms with E-state index in [9.17, 15) is 14.7 Å². The molecular formula is C21H19NO7. The van der Waals surface area contributed by atoms with Crippen molar-refractivity contribution in [2.24, 2.45) is 10.9 Å². The van der Waals surface area contributed by atoms with Crippen LogP contribution in [0.3, 0.4) is 0 Å². The second-order valence-corrected chi connectivity index (χ2v) is 6.68. The molecule has 8 nitrogen and oxygen atoms in total. The van der Waals surface area contributed by atoms with Crippen molar-refractivity contribution in [3.63, 3.8) is 0 Å². The number of methoxy groups -OCH3 is 3. The number of esters is 1. The SMILES string of the molecule is COc1cc(C2c3cc(OC)c(OC)c(C=O)c3N=C3COC(=O)C32)ccc1O. The number of aliphatic imine (C=N–C) groups is 1. The highest BCUT2D eigenvalue weighted by Crippen LogP contribution is 2.51. The fourth-order valence-electron chi connectivity index (χ4n) is 3.98. The molecule has 0 aliphatic carbocycles. The summed E-state index contributed by atoms with van der Waals surface area (Å²) in [5.41, 5.74) is 2.53. The van der Waals surface area contributed by atoms with Crippen LogP contribution in [0.5, 0.6) is 23.0 Å². The average molecular weight is 397 g/mol. The number of aromatic hydroxyl groups is 1. The molecule has 1 N–H and O–H groups in total. The van der Waals surface area contributed by atoms with Gasteiger partial charge in [-0.1, -0.05) is 6.07 Å². The summed E-state index contributed by atoms with van der Waals surface area (Å²) >= 11 is 0. The molecule has 2 heterocycles. The number of benzene rings is 2. The largest absolute Gasteiger partial charge is 0.504 e. The van der Waals surface area contributed by atoms with Crippen LogP contribution in [-0.2, 0) is 9.53 Å². The number of nitrogens with zero attached hydrogens (tertiary/aromatic N) is 1. The third-order valence-electron chi connectivity index (χ3n) is 5.29. The summed E-state index contributed by atoms with van der Waals surface area (Å²) in [5, 5.41) is 9.98. The van der Waals surface area contributed by atoms with Crippen LogP contribution < -0.4 is 14.2 Å². The van der Waals surface area contributed by atoms with E-state index in [0.717, 1.165) is 0 Å². The van der Waals surface area contributed by atoms with Crippen LogP contribution in [0.4, 0.5) is 5.69 Å². The molecular weight excluding hydrogens is 378 g/mol. The van der Waals surface area contributed by atoms with Gasteiger partial charge in [-0.2, -0.15) is 0 Å². The van der Waals surface area contributed by atoms with Crippen LogP contribution in [0.15, 0.2) is 29.3 Å². The molecule has 0 bridgehead atoms. The van der Waals surface area contributed by atoms with E-state index in [1.54, 1.807) is 18.2 Å². The number of rotatable bonds is 5. The van der Waals surface area contributed by atoms with Gasteiger partial charge in [0, 0.05) is 5.92 Å². The third kappa shape index (κ3) is 2.79. The monoisotopic (exact) mass is 397 g/mol. The minimum absolute atomic E-state index is 0.0175. The van der Waals surface area contributed by atoms with Crippen LogP contribution in [0.1, 0.15) is 27.4 Å². The molecule has 150 valence electrons. The summed E-state index contributed by atoms with van der Waals surface area (Å²) < 4.78 is 21.3. The first-order valence-corrected chi connectivity index (χ1v) is 8.89. The Kier molecular flexibility index (Phi) is 4.62. The van der Waals surface area contributed by atoms with Gasteiger partial charge in [-0.05, 0) is 29.3 Å². The number of phenolic OH excluding ortho intramolecular Hbond substituents is 1. The Morgan fingerprint density at radius 2 is 1.86 bits per heavy atom. The van der Waals surface area contributed by atoms with Crippen molar-refractivity contribution in [2.75, 3.05) is 27.9 Å². The predicted octanol–water partition coefficient (Wildman–Crippen LogP) is 2.62. The maximum absolute atomic E-state index is 12.5. The van der Waals surface area contributed by atoms with E-state index in [0.29, 0.717) is 34.6 Å². The van der Waals surface area contributed by atoms with E-state index < -0.39 is 17.8 Å². The number of carbonyl (C=O) groups is 2. The number of phenols is 1. The molecule has 0 radical (unpaired) electrons. The Bertz CT molecular complexity index is 1040. The minimum atomic E-state index is -0.644. The Morgan fingerprint density at radius 3 is 2.52 bits per heavy atom. The Balaban J connectivity index is 2.02. The van der Waals surface area contributed by atoms with Crippen molar-refractivity contribution < 1.29 is 33.6 Å². The van der Waals surface area contributed by atoms with Crippen molar-refractivity contribution in [1.82, 2.24) is 0 Å². The maximum Gasteiger partial charge on any atom is 0.316 e. The van der Waals surface area contributed by atoms with Gasteiger partial charge < -0.3 is 24.1 Å². The summed E-state index contributed by atoms with van der Waals surface area (Å²) in [7, 11) is 4.36. The molecule has 2 aliphatic heterocycles. The van der Waals surface area contributed by atoms with Gasteiger partial charge in [-0.15, -0.1) is 0 Å². The zero-order valence-electron chi connectivity index (χ0n) is 16.1. The Labute approximate surface area is 166 Å². The lowest BCUT2D eigenvalue weighted by molar-refractivity contribution is -0.141. The molecule has 0 aromatic heterocycles. The van der Waals surface area contributed by atoms with Gasteiger partial charge in [-0.25, -0.2) is 0 Å². The quantitative estimate of drug-likeness (QED) is 0.611. The van der Waals surface area contributed by atoms with Crippen LogP contribution in [0, 0.1) is 5.92 Å². The topological polar surface area (TPSA) is 104 Å². The van der Waals surface area contributed by atoms with E-state index in [-0.39, 0.29) is 29.4 Å². The fraction of sp³-hybridized carbons (Fsp3) is 0.286. The molecule has 2 aromatic carbocycles. The van der Waals surface area contributed by atoms with Gasteiger partial charge in [0.2, 0.25) is 0 Å². The standard InChI is InChI=1S/C21H19NO7/c1-26-15-6-10(4-5-14(15)24)17-11-7-16(27-2)20(28-3)12(8-23)19(11)22-13-9-29-21(25)18(13)17/h4-8,17-18,24H,9H2,1-3H3. The molecule has 1 saturated heterocycles. The number of aldehydes is 1. The first-order chi connectivity index (χ1) is 14.0. The number of carbonyl (C=O) groups excluding carboxylic acids is 2. The fourth-order valence-corrected chi connectivity index (χ4v) is 3.98. The van der Waals surface area contributed by atoms with E-state index in [4.69, 9.17) is 18.9 Å². The number of ether oxygens (including phenoxy) is 4. The molecule has 2 aromatic rings.